The third-order valence-corrected chi connectivity index (χ3v) is 5.22. The third-order valence-electron chi connectivity index (χ3n) is 5.22. The van der Waals surface area contributed by atoms with Crippen molar-refractivity contribution < 1.29 is 9.53 Å². The first kappa shape index (κ1) is 23.2. The Morgan fingerprint density at radius 3 is 2.38 bits per heavy atom. The number of nitrogens with one attached hydrogen (secondary N) is 1. The van der Waals surface area contributed by atoms with Gasteiger partial charge in [0.2, 0.25) is 0 Å². The fourth-order valence-electron chi connectivity index (χ4n) is 3.55. The van der Waals surface area contributed by atoms with Crippen LogP contribution in [0.2, 0.25) is 0 Å². The van der Waals surface area contributed by atoms with Gasteiger partial charge in [-0.25, -0.2) is 10.0 Å². The summed E-state index contributed by atoms with van der Waals surface area (Å²) in [4.78, 5) is 12.9. The van der Waals surface area contributed by atoms with Gasteiger partial charge in [-0.05, 0) is 51.8 Å². The summed E-state index contributed by atoms with van der Waals surface area (Å²) in [6, 6.07) is 7.62. The van der Waals surface area contributed by atoms with E-state index < -0.39 is 0 Å². The minimum atomic E-state index is -0.0659. The molecule has 0 aliphatic carbocycles. The lowest BCUT2D eigenvalue weighted by atomic mass is 10.1. The zero-order chi connectivity index (χ0) is 21.2. The molecule has 0 saturated carbocycles. The van der Waals surface area contributed by atoms with Crippen LogP contribution in [0.1, 0.15) is 57.8 Å². The first-order valence-corrected chi connectivity index (χ1v) is 10.8. The highest BCUT2D eigenvalue weighted by atomic mass is 16.5. The molecule has 1 saturated heterocycles. The van der Waals surface area contributed by atoms with E-state index in [1.165, 1.54) is 11.1 Å². The van der Waals surface area contributed by atoms with Gasteiger partial charge in [0.05, 0.1) is 11.6 Å². The number of carbonyl (C=O) groups excluding carboxylic acids is 1. The van der Waals surface area contributed by atoms with Gasteiger partial charge in [0, 0.05) is 26.2 Å². The molecule has 160 valence electrons. The smallest absolute Gasteiger partial charge is 0.255 e. The van der Waals surface area contributed by atoms with E-state index in [0.29, 0.717) is 17.9 Å². The topological polar surface area (TPSA) is 44.8 Å². The quantitative estimate of drug-likeness (QED) is 0.591. The monoisotopic (exact) mass is 399 g/mol. The summed E-state index contributed by atoms with van der Waals surface area (Å²) in [5.41, 5.74) is 3.25. The summed E-state index contributed by atoms with van der Waals surface area (Å²) >= 11 is 0. The van der Waals surface area contributed by atoms with E-state index in [0.717, 1.165) is 39.0 Å². The van der Waals surface area contributed by atoms with E-state index in [2.05, 4.69) is 62.1 Å². The summed E-state index contributed by atoms with van der Waals surface area (Å²) in [7, 11) is 0. The third kappa shape index (κ3) is 7.33. The van der Waals surface area contributed by atoms with Crippen molar-refractivity contribution in [2.24, 2.45) is 0 Å². The Bertz CT molecular complexity index is 711. The van der Waals surface area contributed by atoms with Crippen LogP contribution < -0.4 is 10.1 Å². The molecule has 1 aliphatic heterocycles. The summed E-state index contributed by atoms with van der Waals surface area (Å²) in [6.07, 6.45) is 6.43. The molecular weight excluding hydrogens is 362 g/mol. The highest BCUT2D eigenvalue weighted by Crippen LogP contribution is 2.19. The van der Waals surface area contributed by atoms with E-state index in [-0.39, 0.29) is 11.9 Å². The van der Waals surface area contributed by atoms with Crippen LogP contribution in [-0.4, -0.2) is 54.8 Å². The number of amides is 1. The van der Waals surface area contributed by atoms with Gasteiger partial charge in [0.1, 0.15) is 12.4 Å². The average molecular weight is 400 g/mol. The van der Waals surface area contributed by atoms with Crippen LogP contribution in [-0.2, 0) is 0 Å². The molecule has 5 heteroatoms. The van der Waals surface area contributed by atoms with Crippen LogP contribution in [0.25, 0.3) is 0 Å². The molecule has 0 bridgehead atoms. The average Bonchev–Trinajstić information content (AvgIpc) is 3.10. The molecule has 0 unspecified atom stereocenters. The van der Waals surface area contributed by atoms with Gasteiger partial charge in [-0.1, -0.05) is 43.2 Å². The number of hydrogen-bond acceptors (Lipinski definition) is 4. The Kier molecular flexibility index (Phi) is 9.42. The maximum Gasteiger partial charge on any atom is 0.255 e. The molecule has 0 spiro atoms. The molecular formula is C24H37N3O2. The zero-order valence-electron chi connectivity index (χ0n) is 18.7. The Labute approximate surface area is 176 Å². The van der Waals surface area contributed by atoms with Gasteiger partial charge in [-0.15, -0.1) is 0 Å². The van der Waals surface area contributed by atoms with Crippen LogP contribution in [0.4, 0.5) is 0 Å². The SMILES string of the molecule is CCN1CC(NC(=O)c2ccccc2OCC=C(C)CCC=C(C)C)CN1CC. The Morgan fingerprint density at radius 2 is 1.76 bits per heavy atom. The number of likely N-dealkylation sites (N-methyl/N-ethyl adjacent to an activating group) is 2. The van der Waals surface area contributed by atoms with Crippen molar-refractivity contribution in [2.45, 2.75) is 53.5 Å². The van der Waals surface area contributed by atoms with Gasteiger partial charge >= 0.3 is 0 Å². The molecule has 1 fully saturated rings. The number of para-hydroxylation sites is 1. The second-order valence-electron chi connectivity index (χ2n) is 7.86. The summed E-state index contributed by atoms with van der Waals surface area (Å²) in [5.74, 6) is 0.569. The second kappa shape index (κ2) is 11.8. The van der Waals surface area contributed by atoms with Crippen molar-refractivity contribution >= 4 is 5.91 Å². The minimum Gasteiger partial charge on any atom is -0.489 e. The Hall–Kier alpha value is -2.11. The number of nitrogens with zero attached hydrogens (tertiary/aromatic N) is 2. The van der Waals surface area contributed by atoms with E-state index in [1.54, 1.807) is 0 Å². The molecule has 2 rings (SSSR count). The number of hydrogen-bond donors (Lipinski definition) is 1. The molecule has 1 amide bonds. The van der Waals surface area contributed by atoms with Crippen LogP contribution >= 0.6 is 0 Å². The van der Waals surface area contributed by atoms with Crippen molar-refractivity contribution in [2.75, 3.05) is 32.8 Å². The van der Waals surface area contributed by atoms with Crippen molar-refractivity contribution in [1.82, 2.24) is 15.3 Å². The van der Waals surface area contributed by atoms with Crippen molar-refractivity contribution in [3.8, 4) is 5.75 Å². The first-order valence-electron chi connectivity index (χ1n) is 10.8. The largest absolute Gasteiger partial charge is 0.489 e. The molecule has 0 atom stereocenters. The summed E-state index contributed by atoms with van der Waals surface area (Å²) < 4.78 is 5.93. The molecule has 1 aromatic carbocycles. The van der Waals surface area contributed by atoms with Crippen molar-refractivity contribution in [3.63, 3.8) is 0 Å². The number of hydrazine groups is 1. The summed E-state index contributed by atoms with van der Waals surface area (Å²) in [6.45, 7) is 14.8. The van der Waals surface area contributed by atoms with Crippen LogP contribution in [0.5, 0.6) is 5.75 Å². The second-order valence-corrected chi connectivity index (χ2v) is 7.86. The lowest BCUT2D eigenvalue weighted by molar-refractivity contribution is 0.0388. The van der Waals surface area contributed by atoms with Crippen LogP contribution in [0.3, 0.4) is 0 Å². The normalized spacial score (nSPS) is 16.1. The predicted molar refractivity (Wildman–Crippen MR) is 120 cm³/mol. The molecule has 1 aliphatic rings. The van der Waals surface area contributed by atoms with Gasteiger partial charge < -0.3 is 10.1 Å². The lowest BCUT2D eigenvalue weighted by Gasteiger charge is -2.24. The highest BCUT2D eigenvalue weighted by molar-refractivity contribution is 5.97. The molecule has 0 aromatic heterocycles. The maximum atomic E-state index is 12.9. The summed E-state index contributed by atoms with van der Waals surface area (Å²) in [5, 5.41) is 7.75. The number of carbonyl (C=O) groups is 1. The standard InChI is InChI=1S/C24H37N3O2/c1-6-26-17-21(18-27(26)7-2)25-24(28)22-13-8-9-14-23(22)29-16-15-20(5)12-10-11-19(3)4/h8-9,11,13-15,21H,6-7,10,12,16-18H2,1-5H3,(H,25,28). The van der Waals surface area contributed by atoms with Gasteiger partial charge in [-0.3, -0.25) is 4.79 Å². The highest BCUT2D eigenvalue weighted by Gasteiger charge is 2.29. The molecule has 1 heterocycles. The van der Waals surface area contributed by atoms with Gasteiger partial charge in [0.25, 0.3) is 5.91 Å². The predicted octanol–water partition coefficient (Wildman–Crippen LogP) is 4.43. The number of benzene rings is 1. The number of ether oxygens (including phenoxy) is 1. The van der Waals surface area contributed by atoms with E-state index in [4.69, 9.17) is 4.74 Å². The van der Waals surface area contributed by atoms with Crippen LogP contribution in [0, 0.1) is 0 Å². The van der Waals surface area contributed by atoms with Crippen LogP contribution in [0.15, 0.2) is 47.6 Å². The number of rotatable bonds is 10. The van der Waals surface area contributed by atoms with Gasteiger partial charge in [-0.2, -0.15) is 0 Å². The molecule has 1 N–H and O–H groups in total. The van der Waals surface area contributed by atoms with E-state index >= 15 is 0 Å². The van der Waals surface area contributed by atoms with Gasteiger partial charge in [0.15, 0.2) is 0 Å². The Balaban J connectivity index is 1.92. The van der Waals surface area contributed by atoms with Crippen molar-refractivity contribution in [1.29, 1.82) is 0 Å². The lowest BCUT2D eigenvalue weighted by Crippen LogP contribution is -2.38. The molecule has 1 aromatic rings. The van der Waals surface area contributed by atoms with E-state index in [1.807, 2.05) is 24.3 Å². The molecule has 0 radical (unpaired) electrons. The van der Waals surface area contributed by atoms with E-state index in [9.17, 15) is 4.79 Å². The fraction of sp³-hybridized carbons (Fsp3) is 0.542. The first-order chi connectivity index (χ1) is 13.9. The fourth-order valence-corrected chi connectivity index (χ4v) is 3.55. The zero-order valence-corrected chi connectivity index (χ0v) is 18.7. The maximum absolute atomic E-state index is 12.9. The Morgan fingerprint density at radius 1 is 1.10 bits per heavy atom. The minimum absolute atomic E-state index is 0.0659. The molecule has 5 nitrogen and oxygen atoms in total. The van der Waals surface area contributed by atoms with Crippen molar-refractivity contribution in [3.05, 3.63) is 53.1 Å². The molecule has 29 heavy (non-hydrogen) atoms. The number of allylic oxidation sites excluding steroid dienone is 3.